The van der Waals surface area contributed by atoms with E-state index in [9.17, 15) is 4.79 Å². The van der Waals surface area contributed by atoms with E-state index in [0.717, 1.165) is 43.6 Å². The van der Waals surface area contributed by atoms with Crippen LogP contribution < -0.4 is 5.73 Å². The smallest absolute Gasteiger partial charge is 0.236 e. The molecule has 112 valence electrons. The van der Waals surface area contributed by atoms with Crippen LogP contribution in [-0.4, -0.2) is 48.9 Å². The predicted molar refractivity (Wildman–Crippen MR) is 84.5 cm³/mol. The van der Waals surface area contributed by atoms with E-state index in [0.29, 0.717) is 13.1 Å². The third-order valence-electron chi connectivity index (χ3n) is 3.58. The van der Waals surface area contributed by atoms with Crippen molar-refractivity contribution in [1.82, 2.24) is 9.80 Å². The van der Waals surface area contributed by atoms with Gasteiger partial charge >= 0.3 is 0 Å². The first-order chi connectivity index (χ1) is 10.2. The van der Waals surface area contributed by atoms with Crippen molar-refractivity contribution >= 4 is 5.91 Å². The SMILES string of the molecule is CN(CC(=O)N1CCCC1)Cc1cccc(C#CCN)c1. The van der Waals surface area contributed by atoms with Crippen LogP contribution in [0.15, 0.2) is 24.3 Å². The maximum atomic E-state index is 12.1. The van der Waals surface area contributed by atoms with Crippen LogP contribution >= 0.6 is 0 Å². The first kappa shape index (κ1) is 15.6. The van der Waals surface area contributed by atoms with Gasteiger partial charge < -0.3 is 10.6 Å². The highest BCUT2D eigenvalue weighted by Crippen LogP contribution is 2.10. The maximum Gasteiger partial charge on any atom is 0.236 e. The normalized spacial score (nSPS) is 14.1. The molecule has 0 aromatic heterocycles. The van der Waals surface area contributed by atoms with Gasteiger partial charge in [-0.15, -0.1) is 0 Å². The summed E-state index contributed by atoms with van der Waals surface area (Å²) in [5.41, 5.74) is 7.52. The lowest BCUT2D eigenvalue weighted by molar-refractivity contribution is -0.131. The van der Waals surface area contributed by atoms with Crippen molar-refractivity contribution < 1.29 is 4.79 Å². The zero-order chi connectivity index (χ0) is 15.1. The second-order valence-electron chi connectivity index (χ2n) is 5.47. The molecule has 1 fully saturated rings. The molecule has 1 aromatic rings. The Morgan fingerprint density at radius 3 is 2.86 bits per heavy atom. The molecule has 1 heterocycles. The van der Waals surface area contributed by atoms with Gasteiger partial charge in [0.25, 0.3) is 0 Å². The molecule has 1 aromatic carbocycles. The minimum Gasteiger partial charge on any atom is -0.342 e. The Hall–Kier alpha value is -1.83. The van der Waals surface area contributed by atoms with E-state index >= 15 is 0 Å². The van der Waals surface area contributed by atoms with E-state index in [1.54, 1.807) is 0 Å². The fourth-order valence-corrected chi connectivity index (χ4v) is 2.57. The second-order valence-corrected chi connectivity index (χ2v) is 5.47. The Morgan fingerprint density at radius 1 is 1.38 bits per heavy atom. The number of nitrogens with two attached hydrogens (primary N) is 1. The molecule has 4 heteroatoms. The number of rotatable bonds is 4. The number of likely N-dealkylation sites (tertiary alicyclic amines) is 1. The van der Waals surface area contributed by atoms with Gasteiger partial charge in [0.05, 0.1) is 13.1 Å². The van der Waals surface area contributed by atoms with Crippen LogP contribution in [0.3, 0.4) is 0 Å². The summed E-state index contributed by atoms with van der Waals surface area (Å²) >= 11 is 0. The molecule has 0 radical (unpaired) electrons. The fraction of sp³-hybridized carbons (Fsp3) is 0.471. The van der Waals surface area contributed by atoms with Crippen LogP contribution in [0.25, 0.3) is 0 Å². The van der Waals surface area contributed by atoms with Crippen molar-refractivity contribution in [2.45, 2.75) is 19.4 Å². The number of benzene rings is 1. The lowest BCUT2D eigenvalue weighted by Gasteiger charge is -2.21. The Morgan fingerprint density at radius 2 is 2.14 bits per heavy atom. The molecule has 0 aliphatic carbocycles. The highest BCUT2D eigenvalue weighted by molar-refractivity contribution is 5.78. The number of likely N-dealkylation sites (N-methyl/N-ethyl adjacent to an activating group) is 1. The van der Waals surface area contributed by atoms with E-state index in [2.05, 4.69) is 28.9 Å². The molecule has 0 bridgehead atoms. The number of hydrogen-bond donors (Lipinski definition) is 1. The molecule has 1 aliphatic heterocycles. The van der Waals surface area contributed by atoms with E-state index in [1.165, 1.54) is 0 Å². The summed E-state index contributed by atoms with van der Waals surface area (Å²) in [7, 11) is 1.98. The third kappa shape index (κ3) is 4.89. The zero-order valence-electron chi connectivity index (χ0n) is 12.6. The number of carbonyl (C=O) groups is 1. The van der Waals surface area contributed by atoms with Gasteiger partial charge in [0.1, 0.15) is 0 Å². The summed E-state index contributed by atoms with van der Waals surface area (Å²) in [4.78, 5) is 16.1. The number of amides is 1. The molecule has 0 unspecified atom stereocenters. The number of nitrogens with zero attached hydrogens (tertiary/aromatic N) is 2. The molecule has 0 saturated carbocycles. The molecule has 1 amide bonds. The summed E-state index contributed by atoms with van der Waals surface area (Å²) in [6, 6.07) is 8.08. The monoisotopic (exact) mass is 285 g/mol. The molecule has 0 atom stereocenters. The molecule has 4 nitrogen and oxygen atoms in total. The zero-order valence-corrected chi connectivity index (χ0v) is 12.6. The standard InChI is InChI=1S/C17H23N3O/c1-19(14-17(21)20-10-2-3-11-20)13-16-7-4-6-15(12-16)8-5-9-18/h4,6-7,12H,2-3,9-11,13-14,18H2,1H3. The fourth-order valence-electron chi connectivity index (χ4n) is 2.57. The largest absolute Gasteiger partial charge is 0.342 e. The van der Waals surface area contributed by atoms with Crippen LogP contribution in [0, 0.1) is 11.8 Å². The topological polar surface area (TPSA) is 49.6 Å². The quantitative estimate of drug-likeness (QED) is 0.841. The molecule has 0 spiro atoms. The van der Waals surface area contributed by atoms with Crippen molar-refractivity contribution in [3.63, 3.8) is 0 Å². The highest BCUT2D eigenvalue weighted by Gasteiger charge is 2.18. The third-order valence-corrected chi connectivity index (χ3v) is 3.58. The molecule has 2 rings (SSSR count). The molecular weight excluding hydrogens is 262 g/mol. The first-order valence-corrected chi connectivity index (χ1v) is 7.43. The molecule has 1 aliphatic rings. The lowest BCUT2D eigenvalue weighted by Crippen LogP contribution is -2.36. The van der Waals surface area contributed by atoms with Gasteiger partial charge in [-0.05, 0) is 37.6 Å². The second kappa shape index (κ2) is 7.82. The van der Waals surface area contributed by atoms with E-state index in [1.807, 2.05) is 24.1 Å². The van der Waals surface area contributed by atoms with Gasteiger partial charge in [0.15, 0.2) is 0 Å². The van der Waals surface area contributed by atoms with Gasteiger partial charge in [0, 0.05) is 25.2 Å². The summed E-state index contributed by atoms with van der Waals surface area (Å²) in [6.07, 6.45) is 2.27. The molecular formula is C17H23N3O. The van der Waals surface area contributed by atoms with Crippen molar-refractivity contribution in [2.75, 3.05) is 33.2 Å². The summed E-state index contributed by atoms with van der Waals surface area (Å²) < 4.78 is 0. The van der Waals surface area contributed by atoms with Crippen molar-refractivity contribution in [3.05, 3.63) is 35.4 Å². The van der Waals surface area contributed by atoms with Crippen molar-refractivity contribution in [3.8, 4) is 11.8 Å². The maximum absolute atomic E-state index is 12.1. The van der Waals surface area contributed by atoms with E-state index in [4.69, 9.17) is 5.73 Å². The lowest BCUT2D eigenvalue weighted by atomic mass is 10.1. The highest BCUT2D eigenvalue weighted by atomic mass is 16.2. The number of carbonyl (C=O) groups excluding carboxylic acids is 1. The van der Waals surface area contributed by atoms with Gasteiger partial charge in [0.2, 0.25) is 5.91 Å². The summed E-state index contributed by atoms with van der Waals surface area (Å²) in [6.45, 7) is 3.42. The molecule has 1 saturated heterocycles. The Balaban J connectivity index is 1.89. The minimum absolute atomic E-state index is 0.231. The van der Waals surface area contributed by atoms with Crippen LogP contribution in [0.1, 0.15) is 24.0 Å². The Bertz CT molecular complexity index is 538. The minimum atomic E-state index is 0.231. The van der Waals surface area contributed by atoms with Crippen molar-refractivity contribution in [2.24, 2.45) is 5.73 Å². The molecule has 2 N–H and O–H groups in total. The van der Waals surface area contributed by atoms with Gasteiger partial charge in [-0.2, -0.15) is 0 Å². The van der Waals surface area contributed by atoms with Crippen LogP contribution in [0.5, 0.6) is 0 Å². The van der Waals surface area contributed by atoms with Crippen LogP contribution in [-0.2, 0) is 11.3 Å². The van der Waals surface area contributed by atoms with Gasteiger partial charge in [-0.3, -0.25) is 9.69 Å². The number of hydrogen-bond acceptors (Lipinski definition) is 3. The average Bonchev–Trinajstić information content (AvgIpc) is 2.99. The molecule has 21 heavy (non-hydrogen) atoms. The van der Waals surface area contributed by atoms with Crippen LogP contribution in [0.2, 0.25) is 0 Å². The van der Waals surface area contributed by atoms with Crippen LogP contribution in [0.4, 0.5) is 0 Å². The summed E-state index contributed by atoms with van der Waals surface area (Å²) in [5, 5.41) is 0. The Kier molecular flexibility index (Phi) is 5.79. The van der Waals surface area contributed by atoms with Crippen molar-refractivity contribution in [1.29, 1.82) is 0 Å². The summed E-state index contributed by atoms with van der Waals surface area (Å²) in [5.74, 6) is 6.12. The van der Waals surface area contributed by atoms with Gasteiger partial charge in [-0.25, -0.2) is 0 Å². The average molecular weight is 285 g/mol. The van der Waals surface area contributed by atoms with Gasteiger partial charge in [-0.1, -0.05) is 24.0 Å². The first-order valence-electron chi connectivity index (χ1n) is 7.43. The predicted octanol–water partition coefficient (Wildman–Crippen LogP) is 1.05. The van der Waals surface area contributed by atoms with E-state index < -0.39 is 0 Å². The Labute approximate surface area is 126 Å². The van der Waals surface area contributed by atoms with E-state index in [-0.39, 0.29) is 5.91 Å².